The molecule has 7 heteroatoms. The summed E-state index contributed by atoms with van der Waals surface area (Å²) in [5.74, 6) is -2.28. The minimum Gasteiger partial charge on any atom is -0.761 e. The lowest BCUT2D eigenvalue weighted by atomic mass is 10.0. The van der Waals surface area contributed by atoms with Gasteiger partial charge in [0, 0.05) is 12.2 Å². The van der Waals surface area contributed by atoms with E-state index in [0.29, 0.717) is 17.8 Å². The molecule has 1 aliphatic rings. The Hall–Kier alpha value is -2.51. The summed E-state index contributed by atoms with van der Waals surface area (Å²) in [6.45, 7) is 0.437. The smallest absolute Gasteiger partial charge is 0.246 e. The average molecular weight is 304 g/mol. The zero-order valence-electron chi connectivity index (χ0n) is 11.3. The van der Waals surface area contributed by atoms with Crippen LogP contribution in [0.3, 0.4) is 0 Å². The molecule has 0 saturated carbocycles. The molecule has 0 fully saturated rings. The second kappa shape index (κ2) is 5.70. The summed E-state index contributed by atoms with van der Waals surface area (Å²) in [6, 6.07) is 7.44. The van der Waals surface area contributed by atoms with Crippen molar-refractivity contribution in [1.29, 1.82) is 0 Å². The van der Waals surface area contributed by atoms with Gasteiger partial charge in [0.15, 0.2) is 0 Å². The first-order chi connectivity index (χ1) is 10.6. The van der Waals surface area contributed by atoms with Crippen LogP contribution in [0.15, 0.2) is 36.4 Å². The summed E-state index contributed by atoms with van der Waals surface area (Å²) >= 11 is 0. The molecule has 1 amide bonds. The molecule has 0 spiro atoms. The molecule has 1 heterocycles. The van der Waals surface area contributed by atoms with E-state index in [4.69, 9.17) is 0 Å². The van der Waals surface area contributed by atoms with Crippen LogP contribution in [0.25, 0.3) is 0 Å². The van der Waals surface area contributed by atoms with Gasteiger partial charge in [-0.25, -0.2) is 8.78 Å². The second-order valence-electron chi connectivity index (χ2n) is 4.92. The fourth-order valence-corrected chi connectivity index (χ4v) is 2.46. The van der Waals surface area contributed by atoms with E-state index in [0.717, 1.165) is 17.7 Å². The second-order valence-corrected chi connectivity index (χ2v) is 4.92. The standard InChI is InChI=1S/C15H12F2N3O2/c16-11-2-1-3-12(17)14(11)19-15(21)13-10-6-9(20-22)5-4-8(10)7-18-13/h1-6,13,18,20H,7H2,(H,19,21)/q-1. The number of benzene rings is 2. The largest absolute Gasteiger partial charge is 0.761 e. The van der Waals surface area contributed by atoms with Crippen molar-refractivity contribution in [2.75, 3.05) is 10.8 Å². The Morgan fingerprint density at radius 1 is 1.23 bits per heavy atom. The highest BCUT2D eigenvalue weighted by Gasteiger charge is 2.29. The molecule has 1 atom stereocenters. The van der Waals surface area contributed by atoms with E-state index in [1.54, 1.807) is 23.7 Å². The fraction of sp³-hybridized carbons (Fsp3) is 0.133. The maximum atomic E-state index is 13.6. The minimum atomic E-state index is -0.846. The molecule has 1 aliphatic heterocycles. The highest BCUT2D eigenvalue weighted by atomic mass is 19.1. The number of halogens is 2. The van der Waals surface area contributed by atoms with Gasteiger partial charge in [0.1, 0.15) is 23.4 Å². The highest BCUT2D eigenvalue weighted by molar-refractivity contribution is 5.96. The Kier molecular flexibility index (Phi) is 3.74. The summed E-state index contributed by atoms with van der Waals surface area (Å²) < 4.78 is 27.2. The van der Waals surface area contributed by atoms with Gasteiger partial charge in [-0.2, -0.15) is 0 Å². The first-order valence-corrected chi connectivity index (χ1v) is 6.59. The van der Waals surface area contributed by atoms with E-state index < -0.39 is 29.3 Å². The molecule has 0 aromatic heterocycles. The number of para-hydroxylation sites is 1. The molecule has 114 valence electrons. The van der Waals surface area contributed by atoms with Gasteiger partial charge >= 0.3 is 0 Å². The van der Waals surface area contributed by atoms with Crippen LogP contribution in [0.1, 0.15) is 17.2 Å². The van der Waals surface area contributed by atoms with E-state index in [2.05, 4.69) is 10.6 Å². The maximum absolute atomic E-state index is 13.6. The number of carbonyl (C=O) groups is 1. The van der Waals surface area contributed by atoms with Gasteiger partial charge < -0.3 is 16.0 Å². The van der Waals surface area contributed by atoms with Crippen LogP contribution in [0.2, 0.25) is 0 Å². The number of carbonyl (C=O) groups excluding carboxylic acids is 1. The molecule has 0 saturated heterocycles. The molecule has 3 rings (SSSR count). The number of nitrogens with one attached hydrogen (secondary N) is 3. The molecule has 2 aromatic rings. The van der Waals surface area contributed by atoms with Crippen LogP contribution in [0.5, 0.6) is 0 Å². The maximum Gasteiger partial charge on any atom is 0.246 e. The average Bonchev–Trinajstić information content (AvgIpc) is 2.94. The van der Waals surface area contributed by atoms with Gasteiger partial charge in [-0.3, -0.25) is 10.1 Å². The van der Waals surface area contributed by atoms with Crippen molar-refractivity contribution in [3.8, 4) is 0 Å². The minimum absolute atomic E-state index is 0.317. The van der Waals surface area contributed by atoms with Crippen molar-refractivity contribution >= 4 is 17.3 Å². The predicted molar refractivity (Wildman–Crippen MR) is 78.0 cm³/mol. The molecular weight excluding hydrogens is 292 g/mol. The van der Waals surface area contributed by atoms with Gasteiger partial charge in [0.05, 0.1) is 0 Å². The fourth-order valence-electron chi connectivity index (χ4n) is 2.46. The van der Waals surface area contributed by atoms with Gasteiger partial charge in [-0.15, -0.1) is 0 Å². The van der Waals surface area contributed by atoms with Crippen LogP contribution in [-0.2, 0) is 11.3 Å². The Morgan fingerprint density at radius 3 is 2.64 bits per heavy atom. The number of hydrogen-bond acceptors (Lipinski definition) is 4. The predicted octanol–water partition coefficient (Wildman–Crippen LogP) is 2.66. The van der Waals surface area contributed by atoms with Crippen LogP contribution >= 0.6 is 0 Å². The zero-order valence-corrected chi connectivity index (χ0v) is 11.3. The monoisotopic (exact) mass is 304 g/mol. The molecular formula is C15H12F2N3O2-. The Morgan fingerprint density at radius 2 is 1.95 bits per heavy atom. The van der Waals surface area contributed by atoms with Crippen LogP contribution in [0.4, 0.5) is 20.2 Å². The molecule has 0 radical (unpaired) electrons. The summed E-state index contributed by atoms with van der Waals surface area (Å²) in [4.78, 5) is 12.3. The molecule has 5 nitrogen and oxygen atoms in total. The molecule has 0 bridgehead atoms. The van der Waals surface area contributed by atoms with Gasteiger partial charge in [-0.05, 0) is 35.4 Å². The van der Waals surface area contributed by atoms with E-state index >= 15 is 0 Å². The third-order valence-electron chi connectivity index (χ3n) is 3.54. The third kappa shape index (κ3) is 2.51. The van der Waals surface area contributed by atoms with Crippen LogP contribution < -0.4 is 16.1 Å². The van der Waals surface area contributed by atoms with Crippen molar-refractivity contribution in [3.05, 3.63) is 64.4 Å². The molecule has 22 heavy (non-hydrogen) atoms. The van der Waals surface area contributed by atoms with Gasteiger partial charge in [0.25, 0.3) is 0 Å². The number of hydrogen-bond donors (Lipinski definition) is 3. The van der Waals surface area contributed by atoms with E-state index in [1.807, 2.05) is 0 Å². The lowest BCUT2D eigenvalue weighted by molar-refractivity contribution is -0.118. The Labute approximate surface area is 124 Å². The Bertz CT molecular complexity index is 716. The molecule has 3 N–H and O–H groups in total. The topological polar surface area (TPSA) is 76.2 Å². The summed E-state index contributed by atoms with van der Waals surface area (Å²) in [7, 11) is 0. The van der Waals surface area contributed by atoms with E-state index in [9.17, 15) is 18.8 Å². The normalized spacial score (nSPS) is 16.2. The number of anilines is 2. The molecule has 1 unspecified atom stereocenters. The summed E-state index contributed by atoms with van der Waals surface area (Å²) in [5, 5.41) is 15.9. The zero-order chi connectivity index (χ0) is 15.7. The first-order valence-electron chi connectivity index (χ1n) is 6.59. The van der Waals surface area contributed by atoms with Gasteiger partial charge in [-0.1, -0.05) is 12.1 Å². The summed E-state index contributed by atoms with van der Waals surface area (Å²) in [6.07, 6.45) is 0. The third-order valence-corrected chi connectivity index (χ3v) is 3.54. The quantitative estimate of drug-likeness (QED) is 0.762. The SMILES string of the molecule is O=C(Nc1c(F)cccc1F)C1NCc2ccc(N[O-])cc21. The number of amides is 1. The molecule has 0 aliphatic carbocycles. The van der Waals surface area contributed by atoms with Crippen molar-refractivity contribution in [3.63, 3.8) is 0 Å². The lowest BCUT2D eigenvalue weighted by Crippen LogP contribution is -2.28. The van der Waals surface area contributed by atoms with E-state index in [1.165, 1.54) is 6.07 Å². The number of rotatable bonds is 3. The van der Waals surface area contributed by atoms with Crippen LogP contribution in [-0.4, -0.2) is 5.91 Å². The van der Waals surface area contributed by atoms with Gasteiger partial charge in [0.2, 0.25) is 5.91 Å². The Balaban J connectivity index is 1.86. The van der Waals surface area contributed by atoms with Crippen molar-refractivity contribution in [2.24, 2.45) is 0 Å². The lowest BCUT2D eigenvalue weighted by Gasteiger charge is -2.15. The first kappa shape index (κ1) is 14.4. The number of fused-ring (bicyclic) bond motifs is 1. The highest BCUT2D eigenvalue weighted by Crippen LogP contribution is 2.29. The van der Waals surface area contributed by atoms with Crippen molar-refractivity contribution in [1.82, 2.24) is 5.32 Å². The molecule has 2 aromatic carbocycles. The summed E-state index contributed by atoms with van der Waals surface area (Å²) in [5.41, 5.74) is 3.05. The van der Waals surface area contributed by atoms with Crippen molar-refractivity contribution in [2.45, 2.75) is 12.6 Å². The van der Waals surface area contributed by atoms with Crippen molar-refractivity contribution < 1.29 is 13.6 Å². The van der Waals surface area contributed by atoms with Crippen LogP contribution in [0, 0.1) is 16.8 Å². The van der Waals surface area contributed by atoms with E-state index in [-0.39, 0.29) is 0 Å².